The first kappa shape index (κ1) is 17.6. The molecule has 0 radical (unpaired) electrons. The highest BCUT2D eigenvalue weighted by atomic mass is 16.5. The third-order valence-electron chi connectivity index (χ3n) is 5.45. The molecule has 26 heavy (non-hydrogen) atoms. The molecule has 0 aliphatic carbocycles. The second kappa shape index (κ2) is 7.10. The average molecular weight is 357 g/mol. The Bertz CT molecular complexity index is 748. The summed E-state index contributed by atoms with van der Waals surface area (Å²) < 4.78 is 17.6. The lowest BCUT2D eigenvalue weighted by atomic mass is 9.84. The summed E-state index contributed by atoms with van der Waals surface area (Å²) in [7, 11) is 0. The van der Waals surface area contributed by atoms with Crippen LogP contribution in [0.5, 0.6) is 0 Å². The second-order valence-corrected chi connectivity index (χ2v) is 7.78. The van der Waals surface area contributed by atoms with Crippen molar-refractivity contribution < 1.29 is 14.0 Å². The molecule has 6 nitrogen and oxygen atoms in total. The van der Waals surface area contributed by atoms with Crippen molar-refractivity contribution in [2.24, 2.45) is 0 Å². The van der Waals surface area contributed by atoms with Crippen molar-refractivity contribution in [2.45, 2.75) is 58.5 Å². The number of pyridine rings is 1. The lowest BCUT2D eigenvalue weighted by molar-refractivity contribution is -0.200. The van der Waals surface area contributed by atoms with Gasteiger partial charge in [0, 0.05) is 50.6 Å². The van der Waals surface area contributed by atoms with E-state index in [9.17, 15) is 0 Å². The number of nitrogens with zero attached hydrogens (tertiary/aromatic N) is 3. The van der Waals surface area contributed by atoms with E-state index in [0.29, 0.717) is 6.61 Å². The minimum Gasteiger partial charge on any atom is -0.373 e. The van der Waals surface area contributed by atoms with Crippen LogP contribution in [0.4, 0.5) is 0 Å². The predicted molar refractivity (Wildman–Crippen MR) is 96.7 cm³/mol. The van der Waals surface area contributed by atoms with Gasteiger partial charge in [-0.05, 0) is 38.3 Å². The van der Waals surface area contributed by atoms with Crippen LogP contribution in [0, 0.1) is 20.8 Å². The summed E-state index contributed by atoms with van der Waals surface area (Å²) in [5, 5.41) is 4.04. The molecule has 2 aromatic rings. The van der Waals surface area contributed by atoms with Gasteiger partial charge in [0.1, 0.15) is 5.76 Å². The van der Waals surface area contributed by atoms with Crippen LogP contribution < -0.4 is 0 Å². The normalized spacial score (nSPS) is 22.5. The smallest absolute Gasteiger partial charge is 0.138 e. The summed E-state index contributed by atoms with van der Waals surface area (Å²) in [4.78, 5) is 6.64. The molecule has 140 valence electrons. The summed E-state index contributed by atoms with van der Waals surface area (Å²) in [6.07, 6.45) is 5.94. The van der Waals surface area contributed by atoms with Crippen molar-refractivity contribution in [3.8, 4) is 0 Å². The van der Waals surface area contributed by atoms with Gasteiger partial charge in [0.25, 0.3) is 0 Å². The van der Waals surface area contributed by atoms with Crippen LogP contribution in [-0.4, -0.2) is 46.4 Å². The Morgan fingerprint density at radius 1 is 1.27 bits per heavy atom. The molecule has 1 atom stereocenters. The van der Waals surface area contributed by atoms with E-state index in [1.165, 1.54) is 11.1 Å². The van der Waals surface area contributed by atoms with Crippen molar-refractivity contribution in [3.05, 3.63) is 46.6 Å². The SMILES string of the molecule is Cc1cncc(COC2CCOC3(C2)CN(Cc2c(C)noc2C)C3)c1. The Hall–Kier alpha value is -1.76. The zero-order valence-corrected chi connectivity index (χ0v) is 15.8. The molecule has 2 fully saturated rings. The Labute approximate surface area is 154 Å². The van der Waals surface area contributed by atoms with E-state index in [0.717, 1.165) is 56.1 Å². The highest BCUT2D eigenvalue weighted by Gasteiger charge is 2.47. The van der Waals surface area contributed by atoms with Crippen LogP contribution in [0.2, 0.25) is 0 Å². The molecular weight excluding hydrogens is 330 g/mol. The number of hydrogen-bond donors (Lipinski definition) is 0. The fourth-order valence-electron chi connectivity index (χ4n) is 4.09. The molecule has 0 amide bonds. The molecule has 1 unspecified atom stereocenters. The maximum atomic E-state index is 6.17. The number of ether oxygens (including phenoxy) is 2. The van der Waals surface area contributed by atoms with Crippen LogP contribution in [-0.2, 0) is 22.6 Å². The van der Waals surface area contributed by atoms with Gasteiger partial charge in [-0.3, -0.25) is 9.88 Å². The van der Waals surface area contributed by atoms with Gasteiger partial charge < -0.3 is 14.0 Å². The Morgan fingerprint density at radius 2 is 2.12 bits per heavy atom. The van der Waals surface area contributed by atoms with Crippen LogP contribution in [0.25, 0.3) is 0 Å². The molecular formula is C20H27N3O3. The highest BCUT2D eigenvalue weighted by Crippen LogP contribution is 2.36. The minimum atomic E-state index is -0.0489. The zero-order chi connectivity index (χ0) is 18.1. The molecule has 0 bridgehead atoms. The van der Waals surface area contributed by atoms with Crippen LogP contribution >= 0.6 is 0 Å². The number of aryl methyl sites for hydroxylation is 3. The maximum Gasteiger partial charge on any atom is 0.138 e. The standard InChI is InChI=1S/C20H27N3O3/c1-14-6-17(9-21-8-14)11-24-18-4-5-25-20(7-18)12-23(13-20)10-19-15(2)22-26-16(19)3/h6,8-9,18H,4-5,7,10-13H2,1-3H3. The van der Waals surface area contributed by atoms with Crippen molar-refractivity contribution >= 4 is 0 Å². The van der Waals surface area contributed by atoms with Crippen molar-refractivity contribution in [1.29, 1.82) is 0 Å². The number of aromatic nitrogens is 2. The van der Waals surface area contributed by atoms with Gasteiger partial charge in [0.2, 0.25) is 0 Å². The Morgan fingerprint density at radius 3 is 2.85 bits per heavy atom. The first-order valence-corrected chi connectivity index (χ1v) is 9.33. The van der Waals surface area contributed by atoms with Gasteiger partial charge in [0.05, 0.1) is 24.0 Å². The summed E-state index contributed by atoms with van der Waals surface area (Å²) in [6.45, 7) is 10.2. The van der Waals surface area contributed by atoms with Crippen molar-refractivity contribution in [3.63, 3.8) is 0 Å². The molecule has 2 aromatic heterocycles. The molecule has 0 N–H and O–H groups in total. The summed E-state index contributed by atoms with van der Waals surface area (Å²) in [5.41, 5.74) is 4.45. The summed E-state index contributed by atoms with van der Waals surface area (Å²) >= 11 is 0. The lowest BCUT2D eigenvalue weighted by Gasteiger charge is -2.53. The Balaban J connectivity index is 1.29. The van der Waals surface area contributed by atoms with Gasteiger partial charge in [-0.25, -0.2) is 0 Å². The third kappa shape index (κ3) is 3.68. The van der Waals surface area contributed by atoms with E-state index < -0.39 is 0 Å². The van der Waals surface area contributed by atoms with E-state index >= 15 is 0 Å². The van der Waals surface area contributed by atoms with Crippen LogP contribution in [0.3, 0.4) is 0 Å². The van der Waals surface area contributed by atoms with E-state index in [2.05, 4.69) is 28.0 Å². The van der Waals surface area contributed by atoms with Crippen LogP contribution in [0.1, 0.15) is 41.0 Å². The minimum absolute atomic E-state index is 0.0489. The first-order chi connectivity index (χ1) is 12.5. The quantitative estimate of drug-likeness (QED) is 0.820. The maximum absolute atomic E-state index is 6.17. The summed E-state index contributed by atoms with van der Waals surface area (Å²) in [6, 6.07) is 2.14. The predicted octanol–water partition coefficient (Wildman–Crippen LogP) is 2.95. The molecule has 4 heterocycles. The fourth-order valence-corrected chi connectivity index (χ4v) is 4.09. The van der Waals surface area contributed by atoms with E-state index in [1.54, 1.807) is 0 Å². The topological polar surface area (TPSA) is 60.6 Å². The number of hydrogen-bond acceptors (Lipinski definition) is 6. The van der Waals surface area contributed by atoms with Crippen molar-refractivity contribution in [1.82, 2.24) is 15.0 Å². The average Bonchev–Trinajstić information content (AvgIpc) is 2.91. The monoisotopic (exact) mass is 357 g/mol. The van der Waals surface area contributed by atoms with Crippen LogP contribution in [0.15, 0.2) is 23.0 Å². The molecule has 1 spiro atoms. The number of rotatable bonds is 5. The molecule has 0 saturated carbocycles. The van der Waals surface area contributed by atoms with E-state index in [4.69, 9.17) is 14.0 Å². The van der Waals surface area contributed by atoms with E-state index in [-0.39, 0.29) is 11.7 Å². The lowest BCUT2D eigenvalue weighted by Crippen LogP contribution is -2.65. The highest BCUT2D eigenvalue weighted by molar-refractivity contribution is 5.21. The molecule has 4 rings (SSSR count). The van der Waals surface area contributed by atoms with Gasteiger partial charge in [-0.1, -0.05) is 11.2 Å². The third-order valence-corrected chi connectivity index (χ3v) is 5.45. The molecule has 6 heteroatoms. The summed E-state index contributed by atoms with van der Waals surface area (Å²) in [5.74, 6) is 0.918. The zero-order valence-electron chi connectivity index (χ0n) is 15.8. The molecule has 2 aliphatic rings. The van der Waals surface area contributed by atoms with Gasteiger partial charge in [-0.15, -0.1) is 0 Å². The molecule has 2 aliphatic heterocycles. The number of likely N-dealkylation sites (tertiary alicyclic amines) is 1. The second-order valence-electron chi connectivity index (χ2n) is 7.78. The molecule has 0 aromatic carbocycles. The fraction of sp³-hybridized carbons (Fsp3) is 0.600. The largest absolute Gasteiger partial charge is 0.373 e. The van der Waals surface area contributed by atoms with Gasteiger partial charge >= 0.3 is 0 Å². The molecule has 2 saturated heterocycles. The van der Waals surface area contributed by atoms with Gasteiger partial charge in [-0.2, -0.15) is 0 Å². The first-order valence-electron chi connectivity index (χ1n) is 9.33. The van der Waals surface area contributed by atoms with Crippen molar-refractivity contribution in [2.75, 3.05) is 19.7 Å². The Kier molecular flexibility index (Phi) is 4.82. The van der Waals surface area contributed by atoms with Gasteiger partial charge in [0.15, 0.2) is 0 Å². The van der Waals surface area contributed by atoms with E-state index in [1.807, 2.05) is 26.2 Å².